The first-order valence-electron chi connectivity index (χ1n) is 7.08. The van der Waals surface area contributed by atoms with Crippen LogP contribution in [0.15, 0.2) is 18.2 Å². The van der Waals surface area contributed by atoms with Crippen molar-refractivity contribution in [3.05, 3.63) is 23.8 Å². The summed E-state index contributed by atoms with van der Waals surface area (Å²) in [7, 11) is 0. The summed E-state index contributed by atoms with van der Waals surface area (Å²) in [6.07, 6.45) is 0. The first-order chi connectivity index (χ1) is 9.26. The number of amides is 1. The van der Waals surface area contributed by atoms with E-state index in [2.05, 4.69) is 33.0 Å². The van der Waals surface area contributed by atoms with Crippen molar-refractivity contribution in [1.29, 1.82) is 0 Å². The lowest BCUT2D eigenvalue weighted by Crippen LogP contribution is -2.37. The number of hydrogen-bond donors (Lipinski definition) is 2. The largest absolute Gasteiger partial charge is 0.494 e. The van der Waals surface area contributed by atoms with Crippen LogP contribution >= 0.6 is 0 Å². The zero-order chi connectivity index (χ0) is 15.3. The van der Waals surface area contributed by atoms with Crippen molar-refractivity contribution in [3.8, 4) is 5.75 Å². The van der Waals surface area contributed by atoms with E-state index in [0.29, 0.717) is 36.1 Å². The van der Waals surface area contributed by atoms with Gasteiger partial charge in [0.25, 0.3) is 5.91 Å². The molecule has 0 aromatic heterocycles. The minimum absolute atomic E-state index is 0.0543. The number of benzene rings is 1. The molecule has 20 heavy (non-hydrogen) atoms. The molecule has 0 unspecified atom stereocenters. The molecule has 112 valence electrons. The molecule has 0 atom stereocenters. The molecular formula is C16H26N2O2. The van der Waals surface area contributed by atoms with Gasteiger partial charge in [-0.1, -0.05) is 27.7 Å². The summed E-state index contributed by atoms with van der Waals surface area (Å²) in [6, 6.07) is 5.11. The van der Waals surface area contributed by atoms with Gasteiger partial charge in [0.2, 0.25) is 0 Å². The normalized spacial score (nSPS) is 11.5. The van der Waals surface area contributed by atoms with Crippen molar-refractivity contribution in [2.45, 2.75) is 34.6 Å². The summed E-state index contributed by atoms with van der Waals surface area (Å²) in [5.41, 5.74) is 6.92. The van der Waals surface area contributed by atoms with E-state index in [-0.39, 0.29) is 11.3 Å². The molecule has 3 N–H and O–H groups in total. The van der Waals surface area contributed by atoms with Crippen molar-refractivity contribution in [3.63, 3.8) is 0 Å². The van der Waals surface area contributed by atoms with Gasteiger partial charge in [0.15, 0.2) is 0 Å². The number of carbonyl (C=O) groups is 1. The molecule has 0 aliphatic carbocycles. The highest BCUT2D eigenvalue weighted by molar-refractivity contribution is 5.95. The molecular weight excluding hydrogens is 252 g/mol. The van der Waals surface area contributed by atoms with Crippen LogP contribution in [0.1, 0.15) is 45.0 Å². The lowest BCUT2D eigenvalue weighted by molar-refractivity contribution is 0.0924. The molecule has 0 aliphatic heterocycles. The van der Waals surface area contributed by atoms with Gasteiger partial charge in [0, 0.05) is 23.9 Å². The van der Waals surface area contributed by atoms with E-state index in [1.807, 2.05) is 6.92 Å². The van der Waals surface area contributed by atoms with E-state index in [4.69, 9.17) is 10.5 Å². The zero-order valence-electron chi connectivity index (χ0n) is 13.1. The topological polar surface area (TPSA) is 64.3 Å². The van der Waals surface area contributed by atoms with Crippen LogP contribution in [0.25, 0.3) is 0 Å². The van der Waals surface area contributed by atoms with Crippen LogP contribution in [0.2, 0.25) is 0 Å². The monoisotopic (exact) mass is 278 g/mol. The van der Waals surface area contributed by atoms with Crippen molar-refractivity contribution >= 4 is 11.6 Å². The van der Waals surface area contributed by atoms with Gasteiger partial charge in [0.1, 0.15) is 5.75 Å². The molecule has 4 heteroatoms. The maximum absolute atomic E-state index is 12.2. The van der Waals surface area contributed by atoms with Crippen molar-refractivity contribution in [2.75, 3.05) is 18.9 Å². The Hall–Kier alpha value is -1.71. The van der Waals surface area contributed by atoms with Crippen molar-refractivity contribution in [1.82, 2.24) is 5.32 Å². The lowest BCUT2D eigenvalue weighted by Gasteiger charge is -2.29. The summed E-state index contributed by atoms with van der Waals surface area (Å²) in [4.78, 5) is 12.2. The average molecular weight is 278 g/mol. The Labute approximate surface area is 121 Å². The third kappa shape index (κ3) is 4.44. The fraction of sp³-hybridized carbons (Fsp3) is 0.562. The Bertz CT molecular complexity index is 468. The van der Waals surface area contributed by atoms with E-state index in [1.54, 1.807) is 18.2 Å². The Kier molecular flexibility index (Phi) is 5.43. The maximum atomic E-state index is 12.2. The lowest BCUT2D eigenvalue weighted by atomic mass is 9.81. The summed E-state index contributed by atoms with van der Waals surface area (Å²) in [5, 5.41) is 2.97. The van der Waals surface area contributed by atoms with Gasteiger partial charge in [-0.05, 0) is 30.4 Å². The van der Waals surface area contributed by atoms with Gasteiger partial charge in [-0.25, -0.2) is 0 Å². The first-order valence-corrected chi connectivity index (χ1v) is 7.08. The van der Waals surface area contributed by atoms with Crippen molar-refractivity contribution < 1.29 is 9.53 Å². The van der Waals surface area contributed by atoms with Crippen molar-refractivity contribution in [2.24, 2.45) is 11.3 Å². The molecule has 0 aliphatic rings. The average Bonchev–Trinajstić information content (AvgIpc) is 2.35. The fourth-order valence-corrected chi connectivity index (χ4v) is 1.62. The van der Waals surface area contributed by atoms with Gasteiger partial charge in [-0.15, -0.1) is 0 Å². The van der Waals surface area contributed by atoms with Gasteiger partial charge in [-0.3, -0.25) is 4.79 Å². The minimum Gasteiger partial charge on any atom is -0.494 e. The summed E-state index contributed by atoms with van der Waals surface area (Å²) in [6.45, 7) is 11.7. The highest BCUT2D eigenvalue weighted by Gasteiger charge is 2.23. The molecule has 4 nitrogen and oxygen atoms in total. The summed E-state index contributed by atoms with van der Waals surface area (Å²) in [5.74, 6) is 0.996. The highest BCUT2D eigenvalue weighted by atomic mass is 16.5. The zero-order valence-corrected chi connectivity index (χ0v) is 13.1. The van der Waals surface area contributed by atoms with Gasteiger partial charge in [0.05, 0.1) is 6.61 Å². The summed E-state index contributed by atoms with van der Waals surface area (Å²) >= 11 is 0. The molecule has 1 aromatic rings. The standard InChI is InChI=1S/C16H26N2O2/c1-6-20-14-8-12(7-13(17)9-14)15(19)18-10-16(4,5)11(2)3/h7-9,11H,6,10,17H2,1-5H3,(H,18,19). The smallest absolute Gasteiger partial charge is 0.251 e. The van der Waals surface area contributed by atoms with E-state index < -0.39 is 0 Å². The molecule has 0 bridgehead atoms. The van der Waals surface area contributed by atoms with E-state index in [9.17, 15) is 4.79 Å². The van der Waals surface area contributed by atoms with Crippen LogP contribution in [-0.2, 0) is 0 Å². The molecule has 0 saturated carbocycles. The van der Waals surface area contributed by atoms with Crippen LogP contribution < -0.4 is 15.8 Å². The quantitative estimate of drug-likeness (QED) is 0.786. The second kappa shape index (κ2) is 6.64. The fourth-order valence-electron chi connectivity index (χ4n) is 1.62. The highest BCUT2D eigenvalue weighted by Crippen LogP contribution is 2.25. The van der Waals surface area contributed by atoms with Crippen LogP contribution in [0, 0.1) is 11.3 Å². The second-order valence-corrected chi connectivity index (χ2v) is 6.05. The number of nitrogens with two attached hydrogens (primary N) is 1. The number of anilines is 1. The number of rotatable bonds is 6. The molecule has 1 aromatic carbocycles. The molecule has 0 heterocycles. The molecule has 1 rings (SSSR count). The number of nitrogen functional groups attached to an aromatic ring is 1. The number of nitrogens with one attached hydrogen (secondary N) is 1. The Morgan fingerprint density at radius 2 is 2.00 bits per heavy atom. The second-order valence-electron chi connectivity index (χ2n) is 6.05. The van der Waals surface area contributed by atoms with Gasteiger partial charge < -0.3 is 15.8 Å². The molecule has 0 spiro atoms. The van der Waals surface area contributed by atoms with E-state index in [0.717, 1.165) is 0 Å². The summed E-state index contributed by atoms with van der Waals surface area (Å²) < 4.78 is 5.40. The SMILES string of the molecule is CCOc1cc(N)cc(C(=O)NCC(C)(C)C(C)C)c1. The van der Waals surface area contributed by atoms with Crippen LogP contribution in [0.5, 0.6) is 5.75 Å². The Morgan fingerprint density at radius 3 is 2.55 bits per heavy atom. The Balaban J connectivity index is 2.77. The van der Waals surface area contributed by atoms with E-state index >= 15 is 0 Å². The van der Waals surface area contributed by atoms with Crippen LogP contribution in [0.3, 0.4) is 0 Å². The maximum Gasteiger partial charge on any atom is 0.251 e. The molecule has 0 fully saturated rings. The number of ether oxygens (including phenoxy) is 1. The molecule has 1 amide bonds. The molecule has 0 saturated heterocycles. The van der Waals surface area contributed by atoms with Gasteiger partial charge >= 0.3 is 0 Å². The minimum atomic E-state index is -0.119. The predicted molar refractivity (Wildman–Crippen MR) is 83.0 cm³/mol. The third-order valence-corrected chi connectivity index (χ3v) is 3.77. The molecule has 0 radical (unpaired) electrons. The third-order valence-electron chi connectivity index (χ3n) is 3.77. The van der Waals surface area contributed by atoms with Crippen LogP contribution in [0.4, 0.5) is 5.69 Å². The van der Waals surface area contributed by atoms with E-state index in [1.165, 1.54) is 0 Å². The Morgan fingerprint density at radius 1 is 1.35 bits per heavy atom. The first kappa shape index (κ1) is 16.3. The van der Waals surface area contributed by atoms with Crippen LogP contribution in [-0.4, -0.2) is 19.1 Å². The predicted octanol–water partition coefficient (Wildman–Crippen LogP) is 3.08. The number of carbonyl (C=O) groups excluding carboxylic acids is 1. The van der Waals surface area contributed by atoms with Gasteiger partial charge in [-0.2, -0.15) is 0 Å². The number of hydrogen-bond acceptors (Lipinski definition) is 3.